The van der Waals surface area contributed by atoms with Gasteiger partial charge in [0.2, 0.25) is 5.91 Å². The highest BCUT2D eigenvalue weighted by atomic mass is 19.3. The molecule has 0 aromatic heterocycles. The molecule has 0 aliphatic heterocycles. The largest absolute Gasteiger partial charge is 0.435 e. The van der Waals surface area contributed by atoms with Gasteiger partial charge < -0.3 is 14.5 Å². The van der Waals surface area contributed by atoms with E-state index in [-0.39, 0.29) is 18.2 Å². The van der Waals surface area contributed by atoms with Crippen molar-refractivity contribution >= 4 is 11.6 Å². The van der Waals surface area contributed by atoms with Gasteiger partial charge in [-0.15, -0.1) is 0 Å². The van der Waals surface area contributed by atoms with Gasteiger partial charge in [-0.3, -0.25) is 9.69 Å². The number of anilines is 1. The number of amides is 1. The van der Waals surface area contributed by atoms with Crippen LogP contribution >= 0.6 is 0 Å². The molecule has 0 atom stereocenters. The van der Waals surface area contributed by atoms with Gasteiger partial charge in [-0.25, -0.2) is 0 Å². The van der Waals surface area contributed by atoms with E-state index in [1.165, 1.54) is 12.1 Å². The first-order valence-corrected chi connectivity index (χ1v) is 8.97. The molecule has 0 saturated carbocycles. The van der Waals surface area contributed by atoms with Crippen LogP contribution < -0.4 is 9.64 Å². The Hall–Kier alpha value is -2.67. The first-order valence-electron chi connectivity index (χ1n) is 8.97. The van der Waals surface area contributed by atoms with Crippen LogP contribution in [-0.4, -0.2) is 57.1 Å². The Balaban J connectivity index is 1.83. The zero-order chi connectivity index (χ0) is 20.7. The SMILES string of the molecule is CN(CC(=O)N(C)Cc1ccc(N(C)C)cc1)Cc1ccc(OC(F)F)cc1. The van der Waals surface area contributed by atoms with E-state index in [1.54, 1.807) is 24.1 Å². The molecule has 0 fully saturated rings. The molecule has 2 rings (SSSR count). The van der Waals surface area contributed by atoms with Crippen molar-refractivity contribution in [2.24, 2.45) is 0 Å². The Morgan fingerprint density at radius 3 is 1.96 bits per heavy atom. The summed E-state index contributed by atoms with van der Waals surface area (Å²) in [4.78, 5) is 18.1. The molecule has 0 N–H and O–H groups in total. The second-order valence-corrected chi connectivity index (χ2v) is 7.01. The summed E-state index contributed by atoms with van der Waals surface area (Å²) in [6.07, 6.45) is 0. The molecule has 0 aliphatic carbocycles. The minimum Gasteiger partial charge on any atom is -0.435 e. The van der Waals surface area contributed by atoms with E-state index < -0.39 is 6.61 Å². The van der Waals surface area contributed by atoms with E-state index in [0.29, 0.717) is 13.1 Å². The summed E-state index contributed by atoms with van der Waals surface area (Å²) in [5.41, 5.74) is 3.10. The van der Waals surface area contributed by atoms with Crippen LogP contribution in [0.15, 0.2) is 48.5 Å². The highest BCUT2D eigenvalue weighted by molar-refractivity contribution is 5.78. The normalized spacial score (nSPS) is 11.0. The van der Waals surface area contributed by atoms with Crippen molar-refractivity contribution in [2.45, 2.75) is 19.7 Å². The summed E-state index contributed by atoms with van der Waals surface area (Å²) in [5.74, 6) is 0.134. The molecule has 2 aromatic rings. The zero-order valence-corrected chi connectivity index (χ0v) is 16.7. The van der Waals surface area contributed by atoms with E-state index in [9.17, 15) is 13.6 Å². The number of carbonyl (C=O) groups is 1. The number of nitrogens with zero attached hydrogens (tertiary/aromatic N) is 3. The lowest BCUT2D eigenvalue weighted by molar-refractivity contribution is -0.131. The highest BCUT2D eigenvalue weighted by Gasteiger charge is 2.13. The average molecular weight is 391 g/mol. The molecule has 0 unspecified atom stereocenters. The number of ether oxygens (including phenoxy) is 1. The van der Waals surface area contributed by atoms with E-state index in [2.05, 4.69) is 4.74 Å². The van der Waals surface area contributed by atoms with Crippen molar-refractivity contribution in [3.05, 3.63) is 59.7 Å². The molecule has 0 spiro atoms. The third-order valence-electron chi connectivity index (χ3n) is 4.30. The lowest BCUT2D eigenvalue weighted by Crippen LogP contribution is -2.36. The summed E-state index contributed by atoms with van der Waals surface area (Å²) in [5, 5.41) is 0. The Bertz CT molecular complexity index is 749. The molecule has 152 valence electrons. The number of hydrogen-bond acceptors (Lipinski definition) is 4. The molecule has 0 radical (unpaired) electrons. The monoisotopic (exact) mass is 391 g/mol. The number of carbonyl (C=O) groups excluding carboxylic acids is 1. The van der Waals surface area contributed by atoms with Gasteiger partial charge >= 0.3 is 6.61 Å². The molecule has 1 amide bonds. The second-order valence-electron chi connectivity index (χ2n) is 7.01. The molecular weight excluding hydrogens is 364 g/mol. The molecule has 0 heterocycles. The smallest absolute Gasteiger partial charge is 0.387 e. The summed E-state index contributed by atoms with van der Waals surface area (Å²) < 4.78 is 28.7. The molecule has 28 heavy (non-hydrogen) atoms. The maximum Gasteiger partial charge on any atom is 0.387 e. The van der Waals surface area contributed by atoms with Gasteiger partial charge in [-0.2, -0.15) is 8.78 Å². The lowest BCUT2D eigenvalue weighted by atomic mass is 10.2. The van der Waals surface area contributed by atoms with Gasteiger partial charge in [0.25, 0.3) is 0 Å². The number of likely N-dealkylation sites (N-methyl/N-ethyl adjacent to an activating group) is 2. The fraction of sp³-hybridized carbons (Fsp3) is 0.381. The van der Waals surface area contributed by atoms with Crippen molar-refractivity contribution in [1.82, 2.24) is 9.80 Å². The first-order chi connectivity index (χ1) is 13.2. The molecule has 0 saturated heterocycles. The first kappa shape index (κ1) is 21.6. The quantitative estimate of drug-likeness (QED) is 0.656. The van der Waals surface area contributed by atoms with Crippen LogP contribution in [0.5, 0.6) is 5.75 Å². The maximum absolute atomic E-state index is 12.5. The van der Waals surface area contributed by atoms with Gasteiger partial charge in [-0.05, 0) is 42.4 Å². The summed E-state index contributed by atoms with van der Waals surface area (Å²) in [6.45, 7) is -1.49. The summed E-state index contributed by atoms with van der Waals surface area (Å²) in [6, 6.07) is 14.5. The third-order valence-corrected chi connectivity index (χ3v) is 4.30. The fourth-order valence-corrected chi connectivity index (χ4v) is 2.76. The van der Waals surface area contributed by atoms with Crippen LogP contribution in [0.4, 0.5) is 14.5 Å². The Morgan fingerprint density at radius 1 is 0.893 bits per heavy atom. The van der Waals surface area contributed by atoms with Gasteiger partial charge in [-0.1, -0.05) is 24.3 Å². The molecule has 2 aromatic carbocycles. The zero-order valence-electron chi connectivity index (χ0n) is 16.7. The predicted molar refractivity (Wildman–Crippen MR) is 107 cm³/mol. The summed E-state index contributed by atoms with van der Waals surface area (Å²) in [7, 11) is 7.60. The van der Waals surface area contributed by atoms with Gasteiger partial charge in [0.1, 0.15) is 5.75 Å². The van der Waals surface area contributed by atoms with Crippen LogP contribution in [0, 0.1) is 0 Å². The van der Waals surface area contributed by atoms with Crippen molar-refractivity contribution in [1.29, 1.82) is 0 Å². The van der Waals surface area contributed by atoms with Crippen molar-refractivity contribution in [3.63, 3.8) is 0 Å². The van der Waals surface area contributed by atoms with Gasteiger partial charge in [0.05, 0.1) is 6.54 Å². The lowest BCUT2D eigenvalue weighted by Gasteiger charge is -2.22. The average Bonchev–Trinajstić information content (AvgIpc) is 2.63. The molecule has 7 heteroatoms. The van der Waals surface area contributed by atoms with Crippen LogP contribution in [0.3, 0.4) is 0 Å². The van der Waals surface area contributed by atoms with E-state index in [1.807, 2.05) is 55.2 Å². The molecule has 0 aliphatic rings. The number of rotatable bonds is 9. The van der Waals surface area contributed by atoms with Crippen LogP contribution in [0.25, 0.3) is 0 Å². The Kier molecular flexibility index (Phi) is 7.75. The molecule has 5 nitrogen and oxygen atoms in total. The summed E-state index contributed by atoms with van der Waals surface area (Å²) >= 11 is 0. The number of benzene rings is 2. The van der Waals surface area contributed by atoms with E-state index >= 15 is 0 Å². The number of hydrogen-bond donors (Lipinski definition) is 0. The second kappa shape index (κ2) is 10.0. The Morgan fingerprint density at radius 2 is 1.43 bits per heavy atom. The maximum atomic E-state index is 12.5. The van der Waals surface area contributed by atoms with E-state index in [0.717, 1.165) is 16.8 Å². The van der Waals surface area contributed by atoms with Gasteiger partial charge in [0.15, 0.2) is 0 Å². The third kappa shape index (κ3) is 6.81. The van der Waals surface area contributed by atoms with Crippen molar-refractivity contribution < 1.29 is 18.3 Å². The van der Waals surface area contributed by atoms with Gasteiger partial charge in [0, 0.05) is 39.9 Å². The van der Waals surface area contributed by atoms with E-state index in [4.69, 9.17) is 0 Å². The molecular formula is C21H27F2N3O2. The van der Waals surface area contributed by atoms with Crippen molar-refractivity contribution in [2.75, 3.05) is 39.6 Å². The minimum atomic E-state index is -2.83. The highest BCUT2D eigenvalue weighted by Crippen LogP contribution is 2.16. The minimum absolute atomic E-state index is 0.0110. The molecule has 0 bridgehead atoms. The Labute approximate surface area is 165 Å². The standard InChI is InChI=1S/C21H27F2N3O2/c1-24(2)18-9-5-17(6-10-18)14-26(4)20(27)15-25(3)13-16-7-11-19(12-8-16)28-21(22)23/h5-12,21H,13-15H2,1-4H3. The van der Waals surface area contributed by atoms with Crippen LogP contribution in [0.2, 0.25) is 0 Å². The van der Waals surface area contributed by atoms with Crippen LogP contribution in [-0.2, 0) is 17.9 Å². The topological polar surface area (TPSA) is 36.0 Å². The van der Waals surface area contributed by atoms with Crippen molar-refractivity contribution in [3.8, 4) is 5.75 Å². The van der Waals surface area contributed by atoms with Crippen LogP contribution in [0.1, 0.15) is 11.1 Å². The fourth-order valence-electron chi connectivity index (χ4n) is 2.76. The number of alkyl halides is 2. The number of halogens is 2. The predicted octanol–water partition coefficient (Wildman–Crippen LogP) is 3.44.